The van der Waals surface area contributed by atoms with E-state index < -0.39 is 5.97 Å². The van der Waals surface area contributed by atoms with Crippen molar-refractivity contribution in [2.75, 3.05) is 18.6 Å². The number of benzene rings is 2. The summed E-state index contributed by atoms with van der Waals surface area (Å²) in [6.45, 7) is 1.45. The Morgan fingerprint density at radius 3 is 2.35 bits per heavy atom. The molecule has 1 amide bonds. The van der Waals surface area contributed by atoms with Gasteiger partial charge in [-0.05, 0) is 25.1 Å². The lowest BCUT2D eigenvalue weighted by Gasteiger charge is -2.17. The molecule has 0 fully saturated rings. The Balaban J connectivity index is 1.63. The summed E-state index contributed by atoms with van der Waals surface area (Å²) in [5, 5.41) is 5.02. The van der Waals surface area contributed by atoms with Gasteiger partial charge in [-0.25, -0.2) is 9.78 Å². The number of ether oxygens (including phenoxy) is 1. The highest BCUT2D eigenvalue weighted by molar-refractivity contribution is 6.06. The summed E-state index contributed by atoms with van der Waals surface area (Å²) in [6.07, 6.45) is 0. The molecule has 7 heteroatoms. The molecule has 0 N–H and O–H groups in total. The average Bonchev–Trinajstić information content (AvgIpc) is 3.10. The van der Waals surface area contributed by atoms with E-state index >= 15 is 0 Å². The first-order valence-electron chi connectivity index (χ1n) is 9.84. The van der Waals surface area contributed by atoms with Gasteiger partial charge in [-0.15, -0.1) is 0 Å². The number of nitrogens with zero attached hydrogens (tertiary/aromatic N) is 4. The number of aryl methyl sites for hydroxylation is 2. The molecule has 0 aliphatic rings. The largest absolute Gasteiger partial charge is 0.452 e. The summed E-state index contributed by atoms with van der Waals surface area (Å²) in [7, 11) is 3.43. The number of carbonyl (C=O) groups is 2. The minimum absolute atomic E-state index is 0.323. The maximum Gasteiger partial charge on any atom is 0.339 e. The Hall–Kier alpha value is -4.00. The number of pyridine rings is 1. The van der Waals surface area contributed by atoms with Crippen molar-refractivity contribution in [3.8, 4) is 11.3 Å². The van der Waals surface area contributed by atoms with Gasteiger partial charge in [-0.3, -0.25) is 9.48 Å². The highest BCUT2D eigenvalue weighted by Gasteiger charge is 2.22. The van der Waals surface area contributed by atoms with Crippen molar-refractivity contribution in [3.63, 3.8) is 0 Å². The number of likely N-dealkylation sites (N-methyl/N-ethyl adjacent to an activating group) is 1. The van der Waals surface area contributed by atoms with Gasteiger partial charge < -0.3 is 9.64 Å². The van der Waals surface area contributed by atoms with Crippen molar-refractivity contribution in [2.45, 2.75) is 6.92 Å². The van der Waals surface area contributed by atoms with Gasteiger partial charge in [-0.2, -0.15) is 5.10 Å². The molecule has 0 aliphatic carbocycles. The molecule has 0 spiro atoms. The van der Waals surface area contributed by atoms with Crippen LogP contribution >= 0.6 is 0 Å². The molecule has 7 nitrogen and oxygen atoms in total. The lowest BCUT2D eigenvalue weighted by molar-refractivity contribution is -0.121. The molecule has 156 valence electrons. The van der Waals surface area contributed by atoms with Crippen LogP contribution in [0.2, 0.25) is 0 Å². The van der Waals surface area contributed by atoms with Gasteiger partial charge in [0.25, 0.3) is 5.91 Å². The molecule has 0 unspecified atom stereocenters. The van der Waals surface area contributed by atoms with Gasteiger partial charge in [-0.1, -0.05) is 48.5 Å². The van der Waals surface area contributed by atoms with Crippen molar-refractivity contribution < 1.29 is 14.3 Å². The number of fused-ring (bicyclic) bond motifs is 1. The average molecular weight is 414 g/mol. The highest BCUT2D eigenvalue weighted by atomic mass is 16.5. The molecule has 31 heavy (non-hydrogen) atoms. The van der Waals surface area contributed by atoms with E-state index in [2.05, 4.69) is 10.1 Å². The molecule has 4 aromatic rings. The van der Waals surface area contributed by atoms with E-state index in [4.69, 9.17) is 4.74 Å². The number of amides is 1. The molecular formula is C24H22N4O3. The number of aromatic nitrogens is 3. The van der Waals surface area contributed by atoms with Gasteiger partial charge in [0.05, 0.1) is 22.3 Å². The molecule has 0 radical (unpaired) electrons. The smallest absolute Gasteiger partial charge is 0.339 e. The summed E-state index contributed by atoms with van der Waals surface area (Å²) in [5.74, 6) is -0.911. The van der Waals surface area contributed by atoms with E-state index in [1.807, 2.05) is 67.6 Å². The lowest BCUT2D eigenvalue weighted by atomic mass is 10.1. The fourth-order valence-corrected chi connectivity index (χ4v) is 3.46. The van der Waals surface area contributed by atoms with E-state index in [9.17, 15) is 9.59 Å². The number of carbonyl (C=O) groups excluding carboxylic acids is 2. The maximum absolute atomic E-state index is 13.0. The van der Waals surface area contributed by atoms with Crippen LogP contribution in [0, 0.1) is 6.92 Å². The van der Waals surface area contributed by atoms with Crippen LogP contribution in [0.5, 0.6) is 0 Å². The second-order valence-electron chi connectivity index (χ2n) is 7.19. The molecule has 0 atom stereocenters. The minimum Gasteiger partial charge on any atom is -0.452 e. The van der Waals surface area contributed by atoms with Gasteiger partial charge in [0, 0.05) is 25.3 Å². The van der Waals surface area contributed by atoms with E-state index in [0.717, 1.165) is 11.3 Å². The highest BCUT2D eigenvalue weighted by Crippen LogP contribution is 2.27. The Morgan fingerprint density at radius 2 is 1.68 bits per heavy atom. The molecule has 0 aliphatic heterocycles. The van der Waals surface area contributed by atoms with Crippen LogP contribution in [-0.4, -0.2) is 40.3 Å². The first-order chi connectivity index (χ1) is 15.0. The van der Waals surface area contributed by atoms with Crippen LogP contribution < -0.4 is 4.90 Å². The predicted molar refractivity (Wildman–Crippen MR) is 119 cm³/mol. The van der Waals surface area contributed by atoms with Crippen LogP contribution in [0.25, 0.3) is 22.3 Å². The van der Waals surface area contributed by atoms with Crippen LogP contribution in [0.15, 0.2) is 66.7 Å². The quantitative estimate of drug-likeness (QED) is 0.465. The van der Waals surface area contributed by atoms with Crippen molar-refractivity contribution in [2.24, 2.45) is 7.05 Å². The minimum atomic E-state index is -0.588. The van der Waals surface area contributed by atoms with Gasteiger partial charge in [0.2, 0.25) is 0 Å². The summed E-state index contributed by atoms with van der Waals surface area (Å²) in [6, 6.07) is 20.5. The Bertz CT molecular complexity index is 1250. The zero-order chi connectivity index (χ0) is 22.0. The molecule has 2 aromatic heterocycles. The third-order valence-electron chi connectivity index (χ3n) is 5.10. The van der Waals surface area contributed by atoms with E-state index in [0.29, 0.717) is 28.0 Å². The molecule has 0 saturated carbocycles. The summed E-state index contributed by atoms with van der Waals surface area (Å²) in [4.78, 5) is 31.7. The second-order valence-corrected chi connectivity index (χ2v) is 7.19. The Morgan fingerprint density at radius 1 is 1.03 bits per heavy atom. The van der Waals surface area contributed by atoms with E-state index in [1.54, 1.807) is 24.8 Å². The number of esters is 1. The summed E-state index contributed by atoms with van der Waals surface area (Å²) >= 11 is 0. The summed E-state index contributed by atoms with van der Waals surface area (Å²) in [5.41, 5.74) is 3.82. The third kappa shape index (κ3) is 4.02. The van der Waals surface area contributed by atoms with Crippen molar-refractivity contribution >= 4 is 28.6 Å². The zero-order valence-corrected chi connectivity index (χ0v) is 17.6. The van der Waals surface area contributed by atoms with Crippen molar-refractivity contribution in [1.82, 2.24) is 14.8 Å². The first-order valence-corrected chi connectivity index (χ1v) is 9.84. The number of para-hydroxylation sites is 1. The molecule has 0 saturated heterocycles. The Kier molecular flexibility index (Phi) is 5.49. The van der Waals surface area contributed by atoms with Gasteiger partial charge in [0.1, 0.15) is 0 Å². The SMILES string of the molecule is Cc1nn(C)c2nc(-c3ccccc3)cc(C(=O)OCC(=O)N(C)c3ccccc3)c12. The van der Waals surface area contributed by atoms with Crippen LogP contribution in [-0.2, 0) is 16.6 Å². The van der Waals surface area contributed by atoms with E-state index in [-0.39, 0.29) is 12.5 Å². The van der Waals surface area contributed by atoms with Gasteiger partial charge in [0.15, 0.2) is 12.3 Å². The maximum atomic E-state index is 13.0. The topological polar surface area (TPSA) is 77.3 Å². The monoisotopic (exact) mass is 414 g/mol. The number of rotatable bonds is 5. The van der Waals surface area contributed by atoms with Crippen LogP contribution in [0.4, 0.5) is 5.69 Å². The second kappa shape index (κ2) is 8.39. The molecular weight excluding hydrogens is 392 g/mol. The normalized spacial score (nSPS) is 10.8. The molecule has 2 heterocycles. The fourth-order valence-electron chi connectivity index (χ4n) is 3.46. The molecule has 2 aromatic carbocycles. The Labute approximate surface area is 179 Å². The third-order valence-corrected chi connectivity index (χ3v) is 5.10. The lowest BCUT2D eigenvalue weighted by Crippen LogP contribution is -2.31. The predicted octanol–water partition coefficient (Wildman–Crippen LogP) is 3.76. The fraction of sp³-hybridized carbons (Fsp3) is 0.167. The van der Waals surface area contributed by atoms with E-state index in [1.165, 1.54) is 4.90 Å². The van der Waals surface area contributed by atoms with Crippen LogP contribution in [0.1, 0.15) is 16.1 Å². The van der Waals surface area contributed by atoms with Crippen molar-refractivity contribution in [1.29, 1.82) is 0 Å². The van der Waals surface area contributed by atoms with Crippen LogP contribution in [0.3, 0.4) is 0 Å². The van der Waals surface area contributed by atoms with Crippen molar-refractivity contribution in [3.05, 3.63) is 78.0 Å². The molecule has 0 bridgehead atoms. The molecule has 4 rings (SSSR count). The number of hydrogen-bond donors (Lipinski definition) is 0. The number of anilines is 1. The standard InChI is InChI=1S/C24H22N4O3/c1-16-22-19(24(30)31-15-21(29)27(2)18-12-8-5-9-13-18)14-20(17-10-6-4-7-11-17)25-23(22)28(3)26-16/h4-14H,15H2,1-3H3. The summed E-state index contributed by atoms with van der Waals surface area (Å²) < 4.78 is 7.04. The zero-order valence-electron chi connectivity index (χ0n) is 17.6. The number of hydrogen-bond acceptors (Lipinski definition) is 5. The first kappa shape index (κ1) is 20.3. The van der Waals surface area contributed by atoms with Gasteiger partial charge >= 0.3 is 5.97 Å².